The fourth-order valence-electron chi connectivity index (χ4n) is 1.76. The van der Waals surface area contributed by atoms with E-state index in [0.717, 1.165) is 11.0 Å². The Balaban J connectivity index is 2.56. The van der Waals surface area contributed by atoms with E-state index in [1.807, 2.05) is 19.0 Å². The lowest BCUT2D eigenvalue weighted by molar-refractivity contribution is -0.128. The van der Waals surface area contributed by atoms with Gasteiger partial charge in [0.2, 0.25) is 15.9 Å². The number of hydrogen-bond donors (Lipinski definition) is 1. The summed E-state index contributed by atoms with van der Waals surface area (Å²) in [6, 6.07) is 6.41. The SMILES string of the molecule is CC(=O)N(CCNS(=O)(=O)c1ccc(Br)cc1)CCN(C)C. The molecule has 0 aliphatic heterocycles. The largest absolute Gasteiger partial charge is 0.340 e. The van der Waals surface area contributed by atoms with Crippen LogP contribution in [0, 0.1) is 0 Å². The monoisotopic (exact) mass is 391 g/mol. The second-order valence-electron chi connectivity index (χ2n) is 5.16. The third-order valence-electron chi connectivity index (χ3n) is 3.06. The summed E-state index contributed by atoms with van der Waals surface area (Å²) in [5.74, 6) is -0.0651. The summed E-state index contributed by atoms with van der Waals surface area (Å²) in [4.78, 5) is 15.4. The lowest BCUT2D eigenvalue weighted by atomic mass is 10.4. The first kappa shape index (κ1) is 19.1. The van der Waals surface area contributed by atoms with E-state index in [4.69, 9.17) is 0 Å². The molecule has 1 amide bonds. The minimum Gasteiger partial charge on any atom is -0.340 e. The molecule has 0 aliphatic rings. The van der Waals surface area contributed by atoms with Crippen molar-refractivity contribution in [3.8, 4) is 0 Å². The molecule has 0 unspecified atom stereocenters. The number of amides is 1. The van der Waals surface area contributed by atoms with Crippen LogP contribution < -0.4 is 4.72 Å². The van der Waals surface area contributed by atoms with Crippen molar-refractivity contribution in [2.75, 3.05) is 40.3 Å². The van der Waals surface area contributed by atoms with Gasteiger partial charge < -0.3 is 9.80 Å². The molecule has 0 saturated carbocycles. The number of hydrogen-bond acceptors (Lipinski definition) is 4. The highest BCUT2D eigenvalue weighted by Gasteiger charge is 2.15. The lowest BCUT2D eigenvalue weighted by Gasteiger charge is -2.23. The number of sulfonamides is 1. The number of nitrogens with one attached hydrogen (secondary N) is 1. The standard InChI is InChI=1S/C14H22BrN3O3S/c1-12(19)18(11-10-17(2)3)9-8-16-22(20,21)14-6-4-13(15)5-7-14/h4-7,16H,8-11H2,1-3H3. The van der Waals surface area contributed by atoms with E-state index in [0.29, 0.717) is 13.1 Å². The van der Waals surface area contributed by atoms with Gasteiger partial charge in [-0.05, 0) is 38.4 Å². The topological polar surface area (TPSA) is 69.7 Å². The van der Waals surface area contributed by atoms with Crippen molar-refractivity contribution in [3.05, 3.63) is 28.7 Å². The summed E-state index contributed by atoms with van der Waals surface area (Å²) >= 11 is 3.27. The molecule has 22 heavy (non-hydrogen) atoms. The predicted octanol–water partition coefficient (Wildman–Crippen LogP) is 1.14. The average molecular weight is 392 g/mol. The summed E-state index contributed by atoms with van der Waals surface area (Å²) in [6.45, 7) is 3.32. The van der Waals surface area contributed by atoms with Crippen molar-refractivity contribution in [3.63, 3.8) is 0 Å². The number of benzene rings is 1. The van der Waals surface area contributed by atoms with E-state index in [1.165, 1.54) is 19.1 Å². The molecule has 0 aliphatic carbocycles. The zero-order valence-electron chi connectivity index (χ0n) is 13.0. The normalized spacial score (nSPS) is 11.7. The second kappa shape index (κ2) is 8.61. The summed E-state index contributed by atoms with van der Waals surface area (Å²) < 4.78 is 27.6. The molecule has 1 N–H and O–H groups in total. The number of rotatable bonds is 8. The minimum absolute atomic E-state index is 0.0651. The Morgan fingerprint density at radius 2 is 1.73 bits per heavy atom. The molecule has 8 heteroatoms. The average Bonchev–Trinajstić information content (AvgIpc) is 2.42. The molecule has 1 aromatic rings. The first-order valence-corrected chi connectivity index (χ1v) is 9.15. The third-order valence-corrected chi connectivity index (χ3v) is 5.07. The molecule has 0 heterocycles. The zero-order valence-corrected chi connectivity index (χ0v) is 15.4. The van der Waals surface area contributed by atoms with Gasteiger partial charge in [0.1, 0.15) is 0 Å². The molecule has 0 radical (unpaired) electrons. The first-order valence-electron chi connectivity index (χ1n) is 6.88. The quantitative estimate of drug-likeness (QED) is 0.721. The van der Waals surface area contributed by atoms with Gasteiger partial charge in [-0.15, -0.1) is 0 Å². The summed E-state index contributed by atoms with van der Waals surface area (Å²) in [7, 11) is 0.301. The molecule has 6 nitrogen and oxygen atoms in total. The van der Waals surface area contributed by atoms with Gasteiger partial charge >= 0.3 is 0 Å². The molecule has 1 rings (SSSR count). The fraction of sp³-hybridized carbons (Fsp3) is 0.500. The van der Waals surface area contributed by atoms with Crippen molar-refractivity contribution in [2.45, 2.75) is 11.8 Å². The number of nitrogens with zero attached hydrogens (tertiary/aromatic N) is 2. The van der Waals surface area contributed by atoms with Crippen LogP contribution >= 0.6 is 15.9 Å². The Morgan fingerprint density at radius 1 is 1.14 bits per heavy atom. The van der Waals surface area contributed by atoms with Gasteiger partial charge in [0, 0.05) is 37.6 Å². The predicted molar refractivity (Wildman–Crippen MR) is 90.1 cm³/mol. The van der Waals surface area contributed by atoms with Gasteiger partial charge in [0.25, 0.3) is 0 Å². The molecule has 0 bridgehead atoms. The molecule has 0 atom stereocenters. The van der Waals surface area contributed by atoms with Crippen LogP contribution in [0.3, 0.4) is 0 Å². The molecule has 0 saturated heterocycles. The second-order valence-corrected chi connectivity index (χ2v) is 7.84. The number of halogens is 1. The minimum atomic E-state index is -3.55. The summed E-state index contributed by atoms with van der Waals surface area (Å²) in [5, 5.41) is 0. The van der Waals surface area contributed by atoms with Crippen LogP contribution in [0.1, 0.15) is 6.92 Å². The van der Waals surface area contributed by atoms with E-state index in [1.54, 1.807) is 17.0 Å². The first-order chi connectivity index (χ1) is 10.2. The molecular weight excluding hydrogens is 370 g/mol. The molecule has 1 aromatic carbocycles. The Hall–Kier alpha value is -0.960. The van der Waals surface area contributed by atoms with Crippen LogP contribution in [-0.4, -0.2) is 64.4 Å². The maximum atomic E-state index is 12.1. The van der Waals surface area contributed by atoms with Crippen LogP contribution in [0.5, 0.6) is 0 Å². The highest BCUT2D eigenvalue weighted by molar-refractivity contribution is 9.10. The molecule has 124 valence electrons. The summed E-state index contributed by atoms with van der Waals surface area (Å²) in [6.07, 6.45) is 0. The maximum Gasteiger partial charge on any atom is 0.240 e. The van der Waals surface area contributed by atoms with E-state index in [2.05, 4.69) is 20.7 Å². The van der Waals surface area contributed by atoms with E-state index in [-0.39, 0.29) is 17.3 Å². The molecule has 0 aromatic heterocycles. The molecule has 0 fully saturated rings. The summed E-state index contributed by atoms with van der Waals surface area (Å²) in [5.41, 5.74) is 0. The van der Waals surface area contributed by atoms with E-state index < -0.39 is 10.0 Å². The van der Waals surface area contributed by atoms with E-state index >= 15 is 0 Å². The Kier molecular flexibility index (Phi) is 7.47. The Morgan fingerprint density at radius 3 is 2.23 bits per heavy atom. The zero-order chi connectivity index (χ0) is 16.8. The molecular formula is C14H22BrN3O3S. The maximum absolute atomic E-state index is 12.1. The van der Waals surface area contributed by atoms with Crippen molar-refractivity contribution < 1.29 is 13.2 Å². The van der Waals surface area contributed by atoms with Gasteiger partial charge in [-0.3, -0.25) is 4.79 Å². The number of carbonyl (C=O) groups is 1. The highest BCUT2D eigenvalue weighted by Crippen LogP contribution is 2.14. The smallest absolute Gasteiger partial charge is 0.240 e. The van der Waals surface area contributed by atoms with Crippen LogP contribution in [-0.2, 0) is 14.8 Å². The Labute approximate surface area is 140 Å². The van der Waals surface area contributed by atoms with Gasteiger partial charge in [-0.25, -0.2) is 13.1 Å². The van der Waals surface area contributed by atoms with Crippen LogP contribution in [0.2, 0.25) is 0 Å². The number of likely N-dealkylation sites (N-methyl/N-ethyl adjacent to an activating group) is 1. The van der Waals surface area contributed by atoms with Gasteiger partial charge in [0.05, 0.1) is 4.90 Å². The van der Waals surface area contributed by atoms with Gasteiger partial charge in [-0.1, -0.05) is 15.9 Å². The number of carbonyl (C=O) groups excluding carboxylic acids is 1. The van der Waals surface area contributed by atoms with Crippen LogP contribution in [0.4, 0.5) is 0 Å². The van der Waals surface area contributed by atoms with Crippen molar-refractivity contribution in [2.24, 2.45) is 0 Å². The van der Waals surface area contributed by atoms with Crippen molar-refractivity contribution in [1.29, 1.82) is 0 Å². The van der Waals surface area contributed by atoms with Crippen molar-refractivity contribution >= 4 is 31.9 Å². The lowest BCUT2D eigenvalue weighted by Crippen LogP contribution is -2.40. The third kappa shape index (κ3) is 6.43. The van der Waals surface area contributed by atoms with E-state index in [9.17, 15) is 13.2 Å². The Bertz CT molecular complexity index is 588. The van der Waals surface area contributed by atoms with Crippen molar-refractivity contribution in [1.82, 2.24) is 14.5 Å². The highest BCUT2D eigenvalue weighted by atomic mass is 79.9. The van der Waals surface area contributed by atoms with Crippen LogP contribution in [0.25, 0.3) is 0 Å². The fourth-order valence-corrected chi connectivity index (χ4v) is 3.04. The van der Waals surface area contributed by atoms with Gasteiger partial charge in [0.15, 0.2) is 0 Å². The van der Waals surface area contributed by atoms with Gasteiger partial charge in [-0.2, -0.15) is 0 Å². The molecule has 0 spiro atoms. The van der Waals surface area contributed by atoms with Crippen LogP contribution in [0.15, 0.2) is 33.6 Å².